The largest absolute Gasteiger partial charge is 0.455 e. The van der Waals surface area contributed by atoms with Crippen molar-refractivity contribution >= 4 is 75.8 Å². The average molecular weight is 647 g/mol. The van der Waals surface area contributed by atoms with E-state index >= 15 is 0 Å². The fourth-order valence-corrected chi connectivity index (χ4v) is 8.68. The summed E-state index contributed by atoms with van der Waals surface area (Å²) in [7, 11) is 0. The summed E-state index contributed by atoms with van der Waals surface area (Å²) in [5.74, 6) is 0. The molecule has 10 aromatic carbocycles. The molecule has 0 fully saturated rings. The van der Waals surface area contributed by atoms with Crippen molar-refractivity contribution in [3.05, 3.63) is 182 Å². The number of para-hydroxylation sites is 2. The summed E-state index contributed by atoms with van der Waals surface area (Å²) < 4.78 is 6.59. The summed E-state index contributed by atoms with van der Waals surface area (Å²) in [5.41, 5.74) is 9.19. The minimum absolute atomic E-state index is 0.915. The van der Waals surface area contributed by atoms with Gasteiger partial charge in [-0.2, -0.15) is 0 Å². The molecule has 11 rings (SSSR count). The van der Waals surface area contributed by atoms with Crippen LogP contribution in [0.2, 0.25) is 0 Å². The maximum atomic E-state index is 6.59. The Hall–Kier alpha value is -6.70. The summed E-state index contributed by atoms with van der Waals surface area (Å²) in [4.78, 5) is 0. The van der Waals surface area contributed by atoms with Gasteiger partial charge in [0.25, 0.3) is 0 Å². The maximum absolute atomic E-state index is 6.59. The summed E-state index contributed by atoms with van der Waals surface area (Å²) in [6, 6.07) is 66.3. The topological polar surface area (TPSA) is 13.1 Å². The molecule has 236 valence electrons. The van der Waals surface area contributed by atoms with Crippen molar-refractivity contribution in [3.63, 3.8) is 0 Å². The highest BCUT2D eigenvalue weighted by Gasteiger charge is 2.20. The van der Waals surface area contributed by atoms with Gasteiger partial charge in [-0.3, -0.25) is 0 Å². The Bertz CT molecular complexity index is 3130. The van der Waals surface area contributed by atoms with E-state index in [4.69, 9.17) is 4.42 Å². The molecule has 0 atom stereocenters. The second-order valence-corrected chi connectivity index (χ2v) is 13.5. The molecule has 0 spiro atoms. The van der Waals surface area contributed by atoms with Gasteiger partial charge in [0.1, 0.15) is 11.2 Å². The average Bonchev–Trinajstić information content (AvgIpc) is 3.59. The van der Waals surface area contributed by atoms with Gasteiger partial charge in [0.2, 0.25) is 0 Å². The first-order valence-electron chi connectivity index (χ1n) is 17.6. The lowest BCUT2D eigenvalue weighted by atomic mass is 9.84. The van der Waals surface area contributed by atoms with Gasteiger partial charge in [0.05, 0.1) is 0 Å². The van der Waals surface area contributed by atoms with E-state index < -0.39 is 0 Å². The molecule has 0 bridgehead atoms. The summed E-state index contributed by atoms with van der Waals surface area (Å²) >= 11 is 0. The lowest BCUT2D eigenvalue weighted by molar-refractivity contribution is 0.670. The molecule has 0 radical (unpaired) electrons. The predicted molar refractivity (Wildman–Crippen MR) is 218 cm³/mol. The molecule has 11 aromatic rings. The van der Waals surface area contributed by atoms with E-state index in [9.17, 15) is 0 Å². The molecule has 0 aliphatic heterocycles. The molecule has 0 aliphatic rings. The van der Waals surface area contributed by atoms with Crippen molar-refractivity contribution in [2.75, 3.05) is 0 Å². The number of fused-ring (bicyclic) bond motifs is 10. The Kier molecular flexibility index (Phi) is 6.02. The van der Waals surface area contributed by atoms with E-state index in [0.717, 1.165) is 27.5 Å². The number of furan rings is 1. The lowest BCUT2D eigenvalue weighted by Gasteiger charge is -2.19. The molecule has 0 unspecified atom stereocenters. The summed E-state index contributed by atoms with van der Waals surface area (Å²) in [5, 5.41) is 14.8. The van der Waals surface area contributed by atoms with Crippen LogP contribution in [0.1, 0.15) is 0 Å². The van der Waals surface area contributed by atoms with Gasteiger partial charge in [-0.15, -0.1) is 0 Å². The van der Waals surface area contributed by atoms with Gasteiger partial charge in [-0.1, -0.05) is 170 Å². The van der Waals surface area contributed by atoms with E-state index in [1.807, 2.05) is 6.07 Å². The van der Waals surface area contributed by atoms with Gasteiger partial charge >= 0.3 is 0 Å². The highest BCUT2D eigenvalue weighted by atomic mass is 16.3. The fraction of sp³-hybridized carbons (Fsp3) is 0. The highest BCUT2D eigenvalue weighted by molar-refractivity contribution is 6.27. The van der Waals surface area contributed by atoms with E-state index in [1.165, 1.54) is 81.7 Å². The van der Waals surface area contributed by atoms with Crippen molar-refractivity contribution in [3.8, 4) is 33.4 Å². The first-order chi connectivity index (χ1) is 25.3. The summed E-state index contributed by atoms with van der Waals surface area (Å²) in [6.07, 6.45) is 0. The minimum Gasteiger partial charge on any atom is -0.455 e. The van der Waals surface area contributed by atoms with Crippen LogP contribution in [0, 0.1) is 0 Å². The predicted octanol–water partition coefficient (Wildman–Crippen LogP) is 14.4. The smallest absolute Gasteiger partial charge is 0.143 e. The highest BCUT2D eigenvalue weighted by Crippen LogP contribution is 2.47. The molecule has 1 aromatic heterocycles. The van der Waals surface area contributed by atoms with Crippen molar-refractivity contribution in [2.24, 2.45) is 0 Å². The first kappa shape index (κ1) is 28.2. The lowest BCUT2D eigenvalue weighted by Crippen LogP contribution is -1.92. The van der Waals surface area contributed by atoms with Gasteiger partial charge in [0.15, 0.2) is 0 Å². The zero-order valence-corrected chi connectivity index (χ0v) is 27.7. The number of rotatable bonds is 3. The van der Waals surface area contributed by atoms with E-state index in [1.54, 1.807) is 0 Å². The van der Waals surface area contributed by atoms with Gasteiger partial charge in [-0.25, -0.2) is 0 Å². The Morgan fingerprint density at radius 1 is 0.255 bits per heavy atom. The van der Waals surface area contributed by atoms with E-state index in [-0.39, 0.29) is 0 Å². The molecule has 0 saturated heterocycles. The van der Waals surface area contributed by atoms with Crippen molar-refractivity contribution < 1.29 is 4.42 Å². The Balaban J connectivity index is 1.24. The van der Waals surface area contributed by atoms with Crippen molar-refractivity contribution in [1.82, 2.24) is 0 Å². The van der Waals surface area contributed by atoms with Gasteiger partial charge < -0.3 is 4.42 Å². The van der Waals surface area contributed by atoms with Gasteiger partial charge in [-0.05, 0) is 93.8 Å². The van der Waals surface area contributed by atoms with Crippen molar-refractivity contribution in [1.29, 1.82) is 0 Å². The SMILES string of the molecule is c1ccc(-c2c3ccccc3c(-c3cccc4c3ccc3c5ccccc5c(-c5cccc6c5oc5ccccc56)cc43)c3ccccc23)cc1. The quantitative estimate of drug-likeness (QED) is 0.138. The summed E-state index contributed by atoms with van der Waals surface area (Å²) in [6.45, 7) is 0. The Morgan fingerprint density at radius 3 is 1.45 bits per heavy atom. The molecular formula is C50H30O. The first-order valence-corrected chi connectivity index (χ1v) is 17.6. The zero-order chi connectivity index (χ0) is 33.5. The molecular weight excluding hydrogens is 617 g/mol. The van der Waals surface area contributed by atoms with Crippen LogP contribution in [0.5, 0.6) is 0 Å². The third-order valence-electron chi connectivity index (χ3n) is 10.9. The van der Waals surface area contributed by atoms with E-state index in [0.29, 0.717) is 0 Å². The monoisotopic (exact) mass is 646 g/mol. The molecule has 0 aliphatic carbocycles. The van der Waals surface area contributed by atoms with Crippen molar-refractivity contribution in [2.45, 2.75) is 0 Å². The number of hydrogen-bond acceptors (Lipinski definition) is 1. The van der Waals surface area contributed by atoms with Crippen LogP contribution in [0.15, 0.2) is 186 Å². The van der Waals surface area contributed by atoms with Crippen LogP contribution in [0.25, 0.3) is 109 Å². The zero-order valence-electron chi connectivity index (χ0n) is 27.7. The minimum atomic E-state index is 0.915. The van der Waals surface area contributed by atoms with Crippen LogP contribution < -0.4 is 0 Å². The molecule has 1 heterocycles. The standard InChI is InChI=1S/C50H30O/c1-2-14-31(15-3-1)48-39-19-6-8-21-41(39)49(42-22-9-7-20-40(42)48)38-24-12-23-34-35(38)28-29-36-32-16-4-5-17-33(32)46(30-45(34)36)44-26-13-25-43-37-18-10-11-27-47(37)51-50(43)44/h1-30H. The van der Waals surface area contributed by atoms with Crippen LogP contribution in [0.3, 0.4) is 0 Å². The fourth-order valence-electron chi connectivity index (χ4n) is 8.68. The van der Waals surface area contributed by atoms with E-state index in [2.05, 4.69) is 176 Å². The second kappa shape index (κ2) is 10.9. The maximum Gasteiger partial charge on any atom is 0.143 e. The molecule has 0 N–H and O–H groups in total. The Labute approximate surface area is 294 Å². The van der Waals surface area contributed by atoms with Crippen LogP contribution in [-0.2, 0) is 0 Å². The molecule has 0 saturated carbocycles. The normalized spacial score (nSPS) is 11.9. The number of hydrogen-bond donors (Lipinski definition) is 0. The second-order valence-electron chi connectivity index (χ2n) is 13.5. The molecule has 0 amide bonds. The molecule has 51 heavy (non-hydrogen) atoms. The van der Waals surface area contributed by atoms with Gasteiger partial charge in [0, 0.05) is 16.3 Å². The van der Waals surface area contributed by atoms with Crippen LogP contribution in [0.4, 0.5) is 0 Å². The third-order valence-corrected chi connectivity index (χ3v) is 10.9. The third kappa shape index (κ3) is 4.09. The van der Waals surface area contributed by atoms with Crippen LogP contribution in [-0.4, -0.2) is 0 Å². The molecule has 1 heteroatoms. The number of benzene rings is 10. The van der Waals surface area contributed by atoms with Crippen LogP contribution >= 0.6 is 0 Å². The molecule has 1 nitrogen and oxygen atoms in total. The Morgan fingerprint density at radius 2 is 0.725 bits per heavy atom.